The van der Waals surface area contributed by atoms with Crippen LogP contribution in [0.3, 0.4) is 0 Å². The topological polar surface area (TPSA) is 61.4 Å². The number of hydrogen-bond donors (Lipinski definition) is 3. The fraction of sp³-hybridized carbons (Fsp3) is 0.364. The summed E-state index contributed by atoms with van der Waals surface area (Å²) in [6.07, 6.45) is -0.0253. The van der Waals surface area contributed by atoms with Gasteiger partial charge >= 0.3 is 6.03 Å². The second kappa shape index (κ2) is 6.92. The van der Waals surface area contributed by atoms with Gasteiger partial charge in [0.05, 0.1) is 21.3 Å². The Labute approximate surface area is 118 Å². The number of urea groups is 1. The SMILES string of the molecule is CC(O)CCNC(=O)Nc1cc(Br)c(F)cc1Cl. The third kappa shape index (κ3) is 4.80. The van der Waals surface area contributed by atoms with Crippen LogP contribution in [0, 0.1) is 5.82 Å². The monoisotopic (exact) mass is 338 g/mol. The maximum absolute atomic E-state index is 13.1. The lowest BCUT2D eigenvalue weighted by molar-refractivity contribution is 0.184. The van der Waals surface area contributed by atoms with Crippen molar-refractivity contribution in [2.45, 2.75) is 19.4 Å². The van der Waals surface area contributed by atoms with Crippen LogP contribution in [-0.2, 0) is 0 Å². The van der Waals surface area contributed by atoms with Gasteiger partial charge < -0.3 is 15.7 Å². The largest absolute Gasteiger partial charge is 0.393 e. The molecule has 0 heterocycles. The van der Waals surface area contributed by atoms with E-state index < -0.39 is 18.0 Å². The van der Waals surface area contributed by atoms with Gasteiger partial charge in [0.15, 0.2) is 0 Å². The molecule has 100 valence electrons. The number of nitrogens with one attached hydrogen (secondary N) is 2. The molecule has 1 unspecified atom stereocenters. The first kappa shape index (κ1) is 15.2. The number of hydrogen-bond acceptors (Lipinski definition) is 2. The fourth-order valence-electron chi connectivity index (χ4n) is 1.18. The van der Waals surface area contributed by atoms with Gasteiger partial charge in [-0.1, -0.05) is 11.6 Å². The van der Waals surface area contributed by atoms with Gasteiger partial charge in [-0.15, -0.1) is 0 Å². The normalized spacial score (nSPS) is 12.1. The third-order valence-corrected chi connectivity index (χ3v) is 3.03. The minimum absolute atomic E-state index is 0.112. The van der Waals surface area contributed by atoms with Crippen LogP contribution in [-0.4, -0.2) is 23.8 Å². The molecule has 0 aromatic heterocycles. The predicted molar refractivity (Wildman–Crippen MR) is 72.4 cm³/mol. The summed E-state index contributed by atoms with van der Waals surface area (Å²) in [5.74, 6) is -0.500. The highest BCUT2D eigenvalue weighted by Gasteiger charge is 2.09. The van der Waals surface area contributed by atoms with E-state index in [0.717, 1.165) is 6.07 Å². The van der Waals surface area contributed by atoms with Crippen molar-refractivity contribution in [2.75, 3.05) is 11.9 Å². The zero-order chi connectivity index (χ0) is 13.7. The van der Waals surface area contributed by atoms with E-state index in [4.69, 9.17) is 16.7 Å². The molecule has 1 aromatic rings. The highest BCUT2D eigenvalue weighted by Crippen LogP contribution is 2.28. The van der Waals surface area contributed by atoms with E-state index in [0.29, 0.717) is 18.7 Å². The standard InChI is InChI=1S/C11H13BrClFN2O2/c1-6(17)2-3-15-11(18)16-10-4-7(12)9(14)5-8(10)13/h4-6,17H,2-3H2,1H3,(H2,15,16,18). The van der Waals surface area contributed by atoms with Crippen LogP contribution in [0.15, 0.2) is 16.6 Å². The summed E-state index contributed by atoms with van der Waals surface area (Å²) in [6, 6.07) is 2.03. The fourth-order valence-corrected chi connectivity index (χ4v) is 1.72. The van der Waals surface area contributed by atoms with Crippen LogP contribution in [0.4, 0.5) is 14.9 Å². The molecule has 18 heavy (non-hydrogen) atoms. The van der Waals surface area contributed by atoms with E-state index in [2.05, 4.69) is 26.6 Å². The average Bonchev–Trinajstić information content (AvgIpc) is 2.25. The molecule has 0 fully saturated rings. The van der Waals surface area contributed by atoms with Crippen molar-refractivity contribution in [1.29, 1.82) is 0 Å². The molecule has 0 aliphatic heterocycles. The van der Waals surface area contributed by atoms with Gasteiger partial charge in [0.2, 0.25) is 0 Å². The number of aliphatic hydroxyl groups is 1. The van der Waals surface area contributed by atoms with Crippen molar-refractivity contribution in [2.24, 2.45) is 0 Å². The minimum Gasteiger partial charge on any atom is -0.393 e. The maximum Gasteiger partial charge on any atom is 0.319 e. The molecule has 1 rings (SSSR count). The zero-order valence-corrected chi connectivity index (χ0v) is 12.0. The van der Waals surface area contributed by atoms with Crippen molar-refractivity contribution in [3.8, 4) is 0 Å². The Hall–Kier alpha value is -0.850. The van der Waals surface area contributed by atoms with Crippen molar-refractivity contribution < 1.29 is 14.3 Å². The lowest BCUT2D eigenvalue weighted by Crippen LogP contribution is -2.31. The molecule has 0 saturated heterocycles. The molecular formula is C11H13BrClFN2O2. The van der Waals surface area contributed by atoms with Crippen molar-refractivity contribution in [3.05, 3.63) is 27.4 Å². The van der Waals surface area contributed by atoms with Gasteiger partial charge in [-0.05, 0) is 41.4 Å². The Balaban J connectivity index is 2.57. The van der Waals surface area contributed by atoms with Crippen LogP contribution >= 0.6 is 27.5 Å². The molecule has 7 heteroatoms. The minimum atomic E-state index is -0.500. The summed E-state index contributed by atoms with van der Waals surface area (Å²) in [7, 11) is 0. The Morgan fingerprint density at radius 1 is 1.61 bits per heavy atom. The van der Waals surface area contributed by atoms with E-state index in [1.165, 1.54) is 6.07 Å². The van der Waals surface area contributed by atoms with E-state index in [1.54, 1.807) is 6.92 Å². The molecule has 4 nitrogen and oxygen atoms in total. The lowest BCUT2D eigenvalue weighted by atomic mass is 10.3. The molecule has 0 saturated carbocycles. The number of benzene rings is 1. The first-order valence-electron chi connectivity index (χ1n) is 5.27. The Morgan fingerprint density at radius 3 is 2.89 bits per heavy atom. The molecule has 0 aliphatic rings. The summed E-state index contributed by atoms with van der Waals surface area (Å²) in [5.41, 5.74) is 0.305. The second-order valence-corrected chi connectivity index (χ2v) is 5.03. The van der Waals surface area contributed by atoms with E-state index in [-0.39, 0.29) is 9.50 Å². The van der Waals surface area contributed by atoms with Gasteiger partial charge in [-0.25, -0.2) is 9.18 Å². The quantitative estimate of drug-likeness (QED) is 0.738. The molecular weight excluding hydrogens is 326 g/mol. The molecule has 0 spiro atoms. The number of aliphatic hydroxyl groups excluding tert-OH is 1. The summed E-state index contributed by atoms with van der Waals surface area (Å²) >= 11 is 8.79. The highest BCUT2D eigenvalue weighted by molar-refractivity contribution is 9.10. The van der Waals surface area contributed by atoms with Gasteiger partial charge in [0.1, 0.15) is 5.82 Å². The van der Waals surface area contributed by atoms with Crippen molar-refractivity contribution in [3.63, 3.8) is 0 Å². The van der Waals surface area contributed by atoms with Gasteiger partial charge in [0.25, 0.3) is 0 Å². The number of carbonyl (C=O) groups is 1. The molecule has 0 radical (unpaired) electrons. The third-order valence-electron chi connectivity index (χ3n) is 2.11. The molecule has 3 N–H and O–H groups in total. The van der Waals surface area contributed by atoms with Crippen LogP contribution in [0.2, 0.25) is 5.02 Å². The first-order valence-corrected chi connectivity index (χ1v) is 6.44. The predicted octanol–water partition coefficient (Wildman–Crippen LogP) is 3.13. The molecule has 2 amide bonds. The summed E-state index contributed by atoms with van der Waals surface area (Å²) in [5, 5.41) is 14.2. The lowest BCUT2D eigenvalue weighted by Gasteiger charge is -2.10. The molecule has 0 bridgehead atoms. The molecule has 0 aliphatic carbocycles. The molecule has 1 atom stereocenters. The highest BCUT2D eigenvalue weighted by atomic mass is 79.9. The van der Waals surface area contributed by atoms with Gasteiger partial charge in [-0.3, -0.25) is 0 Å². The summed E-state index contributed by atoms with van der Waals surface area (Å²) in [6.45, 7) is 1.97. The van der Waals surface area contributed by atoms with Crippen LogP contribution < -0.4 is 10.6 Å². The Morgan fingerprint density at radius 2 is 2.28 bits per heavy atom. The molecule has 1 aromatic carbocycles. The van der Waals surface area contributed by atoms with Crippen LogP contribution in [0.5, 0.6) is 0 Å². The van der Waals surface area contributed by atoms with Crippen LogP contribution in [0.1, 0.15) is 13.3 Å². The second-order valence-electron chi connectivity index (χ2n) is 3.76. The number of anilines is 1. The number of carbonyl (C=O) groups excluding carboxylic acids is 1. The van der Waals surface area contributed by atoms with Crippen molar-refractivity contribution >= 4 is 39.2 Å². The van der Waals surface area contributed by atoms with Crippen molar-refractivity contribution in [1.82, 2.24) is 5.32 Å². The smallest absolute Gasteiger partial charge is 0.319 e. The summed E-state index contributed by atoms with van der Waals surface area (Å²) in [4.78, 5) is 11.5. The maximum atomic E-state index is 13.1. The van der Waals surface area contributed by atoms with Gasteiger partial charge in [-0.2, -0.15) is 0 Å². The number of rotatable bonds is 4. The number of halogens is 3. The van der Waals surface area contributed by atoms with Gasteiger partial charge in [0, 0.05) is 6.54 Å². The van der Waals surface area contributed by atoms with Crippen LogP contribution in [0.25, 0.3) is 0 Å². The van der Waals surface area contributed by atoms with E-state index in [1.807, 2.05) is 0 Å². The summed E-state index contributed by atoms with van der Waals surface area (Å²) < 4.78 is 13.3. The Bertz CT molecular complexity index is 443. The van der Waals surface area contributed by atoms with E-state index in [9.17, 15) is 9.18 Å². The zero-order valence-electron chi connectivity index (χ0n) is 9.64. The Kier molecular flexibility index (Phi) is 5.84. The van der Waals surface area contributed by atoms with E-state index >= 15 is 0 Å². The number of amides is 2. The first-order chi connectivity index (χ1) is 8.40. The average molecular weight is 340 g/mol.